The molecule has 2 heterocycles. The molecule has 2 aliphatic rings. The van der Waals surface area contributed by atoms with Crippen molar-refractivity contribution >= 4 is 17.5 Å². The summed E-state index contributed by atoms with van der Waals surface area (Å²) in [5.41, 5.74) is 1.32. The van der Waals surface area contributed by atoms with Gasteiger partial charge in [-0.1, -0.05) is 24.3 Å². The number of anilines is 1. The summed E-state index contributed by atoms with van der Waals surface area (Å²) < 4.78 is 10.9. The number of hydrogen-bond acceptors (Lipinski definition) is 4. The van der Waals surface area contributed by atoms with Crippen molar-refractivity contribution in [1.29, 1.82) is 0 Å². The van der Waals surface area contributed by atoms with Gasteiger partial charge in [-0.05, 0) is 24.3 Å². The molecule has 2 amide bonds. The zero-order valence-corrected chi connectivity index (χ0v) is 11.7. The highest BCUT2D eigenvalue weighted by Crippen LogP contribution is 2.35. The van der Waals surface area contributed by atoms with E-state index in [4.69, 9.17) is 9.47 Å². The lowest BCUT2D eigenvalue weighted by Crippen LogP contribution is -2.39. The smallest absolute Gasteiger partial charge is 0.266 e. The van der Waals surface area contributed by atoms with Crippen LogP contribution >= 0.6 is 0 Å². The molecular formula is C17H13NO4. The Hall–Kier alpha value is -2.66. The maximum atomic E-state index is 12.6. The zero-order valence-electron chi connectivity index (χ0n) is 11.7. The summed E-state index contributed by atoms with van der Waals surface area (Å²) in [5.74, 6) is -0.117. The van der Waals surface area contributed by atoms with Crippen molar-refractivity contribution in [2.45, 2.75) is 6.10 Å². The minimum Gasteiger partial charge on any atom is -0.483 e. The quantitative estimate of drug-likeness (QED) is 0.815. The SMILES string of the molecule is O=C1c2ccccc2C(=O)N1c1ccccc1OC1COC1. The number of hydrogen-bond donors (Lipinski definition) is 0. The average Bonchev–Trinajstić information content (AvgIpc) is 2.76. The maximum absolute atomic E-state index is 12.6. The number of imide groups is 1. The molecule has 0 saturated carbocycles. The molecule has 0 radical (unpaired) electrons. The first-order valence-corrected chi connectivity index (χ1v) is 7.07. The van der Waals surface area contributed by atoms with Gasteiger partial charge in [0.15, 0.2) is 0 Å². The third-order valence-corrected chi connectivity index (χ3v) is 3.80. The lowest BCUT2D eigenvalue weighted by Gasteiger charge is -2.28. The fourth-order valence-electron chi connectivity index (χ4n) is 2.61. The van der Waals surface area contributed by atoms with Gasteiger partial charge >= 0.3 is 0 Å². The van der Waals surface area contributed by atoms with Gasteiger partial charge in [0, 0.05) is 0 Å². The first-order chi connectivity index (χ1) is 10.8. The van der Waals surface area contributed by atoms with Crippen molar-refractivity contribution in [2.75, 3.05) is 18.1 Å². The van der Waals surface area contributed by atoms with Gasteiger partial charge in [0.25, 0.3) is 11.8 Å². The molecule has 0 aliphatic carbocycles. The van der Waals surface area contributed by atoms with E-state index in [0.29, 0.717) is 35.8 Å². The highest BCUT2D eigenvalue weighted by atomic mass is 16.6. The van der Waals surface area contributed by atoms with Crippen LogP contribution in [0.15, 0.2) is 48.5 Å². The van der Waals surface area contributed by atoms with Crippen LogP contribution in [0.5, 0.6) is 5.75 Å². The molecule has 0 N–H and O–H groups in total. The second-order valence-corrected chi connectivity index (χ2v) is 5.24. The molecule has 1 saturated heterocycles. The molecule has 2 aromatic rings. The third kappa shape index (κ3) is 1.90. The topological polar surface area (TPSA) is 55.8 Å². The van der Waals surface area contributed by atoms with Crippen molar-refractivity contribution in [3.8, 4) is 5.75 Å². The van der Waals surface area contributed by atoms with E-state index < -0.39 is 0 Å². The summed E-state index contributed by atoms with van der Waals surface area (Å²) in [4.78, 5) is 26.3. The average molecular weight is 295 g/mol. The minimum atomic E-state index is -0.318. The summed E-state index contributed by atoms with van der Waals surface area (Å²) in [6, 6.07) is 13.9. The van der Waals surface area contributed by atoms with Crippen LogP contribution < -0.4 is 9.64 Å². The van der Waals surface area contributed by atoms with Crippen LogP contribution in [0.2, 0.25) is 0 Å². The lowest BCUT2D eigenvalue weighted by molar-refractivity contribution is -0.0794. The number of fused-ring (bicyclic) bond motifs is 1. The van der Waals surface area contributed by atoms with Gasteiger partial charge in [-0.25, -0.2) is 4.90 Å². The van der Waals surface area contributed by atoms with E-state index >= 15 is 0 Å². The van der Waals surface area contributed by atoms with Crippen LogP contribution in [0.25, 0.3) is 0 Å². The van der Waals surface area contributed by atoms with E-state index in [1.165, 1.54) is 4.90 Å². The molecule has 110 valence electrons. The number of para-hydroxylation sites is 2. The van der Waals surface area contributed by atoms with E-state index in [9.17, 15) is 9.59 Å². The fourth-order valence-corrected chi connectivity index (χ4v) is 2.61. The van der Waals surface area contributed by atoms with E-state index in [2.05, 4.69) is 0 Å². The summed E-state index contributed by atoms with van der Waals surface area (Å²) >= 11 is 0. The van der Waals surface area contributed by atoms with Crippen molar-refractivity contribution in [1.82, 2.24) is 0 Å². The number of benzene rings is 2. The number of carbonyl (C=O) groups is 2. The van der Waals surface area contributed by atoms with Gasteiger partial charge in [0.1, 0.15) is 11.9 Å². The standard InChI is InChI=1S/C17H13NO4/c19-16-12-5-1-2-6-13(12)17(20)18(16)14-7-3-4-8-15(14)22-11-9-21-10-11/h1-8,11H,9-10H2. The first-order valence-electron chi connectivity index (χ1n) is 7.07. The number of amides is 2. The maximum Gasteiger partial charge on any atom is 0.266 e. The second kappa shape index (κ2) is 4.96. The van der Waals surface area contributed by atoms with Gasteiger partial charge in [-0.2, -0.15) is 0 Å². The molecule has 0 atom stereocenters. The second-order valence-electron chi connectivity index (χ2n) is 5.24. The molecule has 1 fully saturated rings. The zero-order chi connectivity index (χ0) is 15.1. The summed E-state index contributed by atoms with van der Waals surface area (Å²) in [5, 5.41) is 0. The Kier molecular flexibility index (Phi) is 2.94. The van der Waals surface area contributed by atoms with Crippen LogP contribution in [-0.2, 0) is 4.74 Å². The molecule has 0 unspecified atom stereocenters. The van der Waals surface area contributed by atoms with Crippen LogP contribution in [0.3, 0.4) is 0 Å². The van der Waals surface area contributed by atoms with Crippen molar-refractivity contribution in [2.24, 2.45) is 0 Å². The molecule has 22 heavy (non-hydrogen) atoms. The van der Waals surface area contributed by atoms with E-state index in [1.54, 1.807) is 42.5 Å². The summed E-state index contributed by atoms with van der Waals surface area (Å²) in [6.45, 7) is 1.05. The highest BCUT2D eigenvalue weighted by Gasteiger charge is 2.38. The Labute approximate surface area is 127 Å². The third-order valence-electron chi connectivity index (χ3n) is 3.80. The molecule has 5 heteroatoms. The fraction of sp³-hybridized carbons (Fsp3) is 0.176. The molecule has 0 bridgehead atoms. The van der Waals surface area contributed by atoms with Crippen molar-refractivity contribution in [3.63, 3.8) is 0 Å². The van der Waals surface area contributed by atoms with Gasteiger partial charge in [-0.15, -0.1) is 0 Å². The van der Waals surface area contributed by atoms with Crippen LogP contribution in [0, 0.1) is 0 Å². The Bertz CT molecular complexity index is 732. The van der Waals surface area contributed by atoms with E-state index in [-0.39, 0.29) is 17.9 Å². The minimum absolute atomic E-state index is 0.0312. The number of rotatable bonds is 3. The number of carbonyl (C=O) groups excluding carboxylic acids is 2. The molecule has 5 nitrogen and oxygen atoms in total. The van der Waals surface area contributed by atoms with Gasteiger partial charge in [0.05, 0.1) is 30.0 Å². The normalized spacial score (nSPS) is 17.4. The summed E-state index contributed by atoms with van der Waals surface area (Å²) in [7, 11) is 0. The molecule has 0 aromatic heterocycles. The van der Waals surface area contributed by atoms with E-state index in [1.807, 2.05) is 6.07 Å². The molecule has 4 rings (SSSR count). The van der Waals surface area contributed by atoms with Gasteiger partial charge < -0.3 is 9.47 Å². The Balaban J connectivity index is 1.74. The largest absolute Gasteiger partial charge is 0.483 e. The molecule has 2 aromatic carbocycles. The number of nitrogens with zero attached hydrogens (tertiary/aromatic N) is 1. The Morgan fingerprint density at radius 1 is 0.909 bits per heavy atom. The van der Waals surface area contributed by atoms with Crippen molar-refractivity contribution < 1.29 is 19.1 Å². The monoisotopic (exact) mass is 295 g/mol. The van der Waals surface area contributed by atoms with E-state index in [0.717, 1.165) is 0 Å². The van der Waals surface area contributed by atoms with Gasteiger partial charge in [0.2, 0.25) is 0 Å². The molecule has 0 spiro atoms. The Morgan fingerprint density at radius 3 is 2.09 bits per heavy atom. The van der Waals surface area contributed by atoms with Crippen LogP contribution in [0.4, 0.5) is 5.69 Å². The Morgan fingerprint density at radius 2 is 1.50 bits per heavy atom. The first kappa shape index (κ1) is 13.0. The summed E-state index contributed by atoms with van der Waals surface area (Å²) in [6.07, 6.45) is -0.0312. The molecule has 2 aliphatic heterocycles. The molecular weight excluding hydrogens is 282 g/mol. The van der Waals surface area contributed by atoms with Gasteiger partial charge in [-0.3, -0.25) is 9.59 Å². The van der Waals surface area contributed by atoms with Crippen molar-refractivity contribution in [3.05, 3.63) is 59.7 Å². The predicted octanol–water partition coefficient (Wildman–Crippen LogP) is 2.26. The predicted molar refractivity (Wildman–Crippen MR) is 79.3 cm³/mol. The lowest BCUT2D eigenvalue weighted by atomic mass is 10.1. The highest BCUT2D eigenvalue weighted by molar-refractivity contribution is 6.34. The van der Waals surface area contributed by atoms with Crippen LogP contribution in [-0.4, -0.2) is 31.1 Å². The number of ether oxygens (including phenoxy) is 2. The van der Waals surface area contributed by atoms with Crippen LogP contribution in [0.1, 0.15) is 20.7 Å².